The molecule has 0 unspecified atom stereocenters. The molecule has 0 atom stereocenters. The molecule has 0 aliphatic rings. The molecule has 0 heterocycles. The van der Waals surface area contributed by atoms with Crippen molar-refractivity contribution in [3.8, 4) is 5.75 Å². The van der Waals surface area contributed by atoms with Crippen molar-refractivity contribution >= 4 is 15.6 Å². The van der Waals surface area contributed by atoms with Crippen molar-refractivity contribution in [2.24, 2.45) is 0 Å². The van der Waals surface area contributed by atoms with Crippen molar-refractivity contribution in [1.29, 1.82) is 0 Å². The van der Waals surface area contributed by atoms with Gasteiger partial charge in [-0.2, -0.15) is 0 Å². The molecular weight excluding hydrogens is 259 g/mol. The number of halogens is 1. The van der Waals surface area contributed by atoms with Crippen LogP contribution in [0.25, 0.3) is 0 Å². The Morgan fingerprint density at radius 2 is 2.06 bits per heavy atom. The Morgan fingerprint density at radius 1 is 1.39 bits per heavy atom. The van der Waals surface area contributed by atoms with Gasteiger partial charge >= 0.3 is 0 Å². The number of sulfone groups is 1. The molecule has 0 bridgehead atoms. The molecule has 0 aromatic heterocycles. The number of hydrogen-bond acceptors (Lipinski definition) is 4. The number of hydrogen-bond donors (Lipinski definition) is 0. The van der Waals surface area contributed by atoms with E-state index in [2.05, 4.69) is 0 Å². The lowest BCUT2D eigenvalue weighted by Crippen LogP contribution is -2.18. The molecule has 0 amide bonds. The molecule has 6 heteroatoms. The molecule has 0 saturated heterocycles. The van der Waals surface area contributed by atoms with Crippen LogP contribution >= 0.6 is 0 Å². The highest BCUT2D eigenvalue weighted by Gasteiger charge is 2.18. The Hall–Kier alpha value is -1.43. The van der Waals surface area contributed by atoms with Gasteiger partial charge in [-0.15, -0.1) is 0 Å². The predicted octanol–water partition coefficient (Wildman–Crippen LogP) is 1.84. The molecule has 1 rings (SSSR count). The van der Waals surface area contributed by atoms with Gasteiger partial charge in [-0.1, -0.05) is 6.92 Å². The van der Waals surface area contributed by atoms with E-state index >= 15 is 0 Å². The Balaban J connectivity index is 2.89. The number of benzene rings is 1. The first kappa shape index (κ1) is 14.6. The van der Waals surface area contributed by atoms with Gasteiger partial charge in [-0.25, -0.2) is 12.8 Å². The number of ether oxygens (including phenoxy) is 1. The standard InChI is InChI=1S/C12H15FO4S/c1-3-6-18(15,16)8-11(14)9-4-5-12(17-2)10(13)7-9/h4-5,7H,3,6,8H2,1-2H3. The van der Waals surface area contributed by atoms with E-state index in [1.54, 1.807) is 6.92 Å². The lowest BCUT2D eigenvalue weighted by molar-refractivity contribution is 0.102. The van der Waals surface area contributed by atoms with Gasteiger partial charge in [0.15, 0.2) is 27.2 Å². The lowest BCUT2D eigenvalue weighted by atomic mass is 10.1. The molecule has 0 radical (unpaired) electrons. The van der Waals surface area contributed by atoms with Crippen LogP contribution in [0, 0.1) is 5.82 Å². The molecule has 0 spiro atoms. The second-order valence-electron chi connectivity index (χ2n) is 3.86. The normalized spacial score (nSPS) is 11.3. The van der Waals surface area contributed by atoms with Crippen LogP contribution in [0.3, 0.4) is 0 Å². The summed E-state index contributed by atoms with van der Waals surface area (Å²) in [6.45, 7) is 1.72. The smallest absolute Gasteiger partial charge is 0.177 e. The van der Waals surface area contributed by atoms with E-state index in [0.717, 1.165) is 6.07 Å². The van der Waals surface area contributed by atoms with Crippen LogP contribution in [0.2, 0.25) is 0 Å². The predicted molar refractivity (Wildman–Crippen MR) is 66.2 cm³/mol. The van der Waals surface area contributed by atoms with E-state index in [0.29, 0.717) is 6.42 Å². The molecule has 0 fully saturated rings. The van der Waals surface area contributed by atoms with Gasteiger partial charge in [0.05, 0.1) is 12.9 Å². The summed E-state index contributed by atoms with van der Waals surface area (Å²) >= 11 is 0. The van der Waals surface area contributed by atoms with E-state index in [9.17, 15) is 17.6 Å². The minimum atomic E-state index is -3.41. The maximum absolute atomic E-state index is 13.4. The zero-order valence-electron chi connectivity index (χ0n) is 10.3. The molecule has 1 aromatic carbocycles. The van der Waals surface area contributed by atoms with Crippen LogP contribution in [0.15, 0.2) is 18.2 Å². The van der Waals surface area contributed by atoms with Crippen LogP contribution in [0.5, 0.6) is 5.75 Å². The van der Waals surface area contributed by atoms with E-state index in [1.807, 2.05) is 0 Å². The average molecular weight is 274 g/mol. The number of carbonyl (C=O) groups is 1. The summed E-state index contributed by atoms with van der Waals surface area (Å²) in [4.78, 5) is 11.7. The fourth-order valence-electron chi connectivity index (χ4n) is 1.51. The topological polar surface area (TPSA) is 60.4 Å². The third-order valence-electron chi connectivity index (χ3n) is 2.34. The second kappa shape index (κ2) is 5.95. The van der Waals surface area contributed by atoms with Crippen molar-refractivity contribution in [3.05, 3.63) is 29.6 Å². The number of rotatable bonds is 6. The average Bonchev–Trinajstić information content (AvgIpc) is 2.28. The maximum Gasteiger partial charge on any atom is 0.177 e. The highest BCUT2D eigenvalue weighted by Crippen LogP contribution is 2.18. The van der Waals surface area contributed by atoms with Crippen LogP contribution in [-0.4, -0.2) is 32.8 Å². The number of Topliss-reactive ketones (excluding diaryl/α,β-unsaturated/α-hetero) is 1. The van der Waals surface area contributed by atoms with Gasteiger partial charge in [0.1, 0.15) is 5.75 Å². The first-order valence-corrected chi connectivity index (χ1v) is 7.29. The van der Waals surface area contributed by atoms with Crippen molar-refractivity contribution in [2.45, 2.75) is 13.3 Å². The van der Waals surface area contributed by atoms with E-state index in [-0.39, 0.29) is 17.1 Å². The fourth-order valence-corrected chi connectivity index (χ4v) is 2.84. The quantitative estimate of drug-likeness (QED) is 0.743. The highest BCUT2D eigenvalue weighted by atomic mass is 32.2. The maximum atomic E-state index is 13.4. The summed E-state index contributed by atoms with van der Waals surface area (Å²) in [6.07, 6.45) is 0.451. The van der Waals surface area contributed by atoms with E-state index in [4.69, 9.17) is 4.74 Å². The molecule has 18 heavy (non-hydrogen) atoms. The summed E-state index contributed by atoms with van der Waals surface area (Å²) in [5.74, 6) is -1.91. The van der Waals surface area contributed by atoms with Crippen LogP contribution in [0.4, 0.5) is 4.39 Å². The van der Waals surface area contributed by atoms with Crippen molar-refractivity contribution in [3.63, 3.8) is 0 Å². The Labute approximate surface area is 106 Å². The molecule has 4 nitrogen and oxygen atoms in total. The molecule has 100 valence electrons. The van der Waals surface area contributed by atoms with Gasteiger partial charge in [-0.3, -0.25) is 4.79 Å². The molecule has 0 saturated carbocycles. The van der Waals surface area contributed by atoms with Gasteiger partial charge in [0.2, 0.25) is 0 Å². The minimum absolute atomic E-state index is 0.0166. The molecular formula is C12H15FO4S. The zero-order chi connectivity index (χ0) is 13.8. The fraction of sp³-hybridized carbons (Fsp3) is 0.417. The molecule has 1 aromatic rings. The highest BCUT2D eigenvalue weighted by molar-refractivity contribution is 7.92. The van der Waals surface area contributed by atoms with Crippen LogP contribution < -0.4 is 4.74 Å². The van der Waals surface area contributed by atoms with Gasteiger partial charge < -0.3 is 4.74 Å². The minimum Gasteiger partial charge on any atom is -0.494 e. The van der Waals surface area contributed by atoms with E-state index in [1.165, 1.54) is 19.2 Å². The molecule has 0 N–H and O–H groups in total. The SMILES string of the molecule is CCCS(=O)(=O)CC(=O)c1ccc(OC)c(F)c1. The number of methoxy groups -OCH3 is 1. The first-order valence-electron chi connectivity index (χ1n) is 5.46. The lowest BCUT2D eigenvalue weighted by Gasteiger charge is -2.05. The summed E-state index contributed by atoms with van der Waals surface area (Å²) in [5.41, 5.74) is 0.0352. The van der Waals surface area contributed by atoms with E-state index < -0.39 is 27.2 Å². The summed E-state index contributed by atoms with van der Waals surface area (Å²) in [5, 5.41) is 0. The van der Waals surface area contributed by atoms with Gasteiger partial charge in [0.25, 0.3) is 0 Å². The Kier molecular flexibility index (Phi) is 4.84. The first-order chi connectivity index (χ1) is 8.39. The largest absolute Gasteiger partial charge is 0.494 e. The van der Waals surface area contributed by atoms with Crippen molar-refractivity contribution in [2.75, 3.05) is 18.6 Å². The van der Waals surface area contributed by atoms with Gasteiger partial charge in [0, 0.05) is 5.56 Å². The van der Waals surface area contributed by atoms with Crippen LogP contribution in [-0.2, 0) is 9.84 Å². The number of carbonyl (C=O) groups excluding carboxylic acids is 1. The molecule has 0 aliphatic heterocycles. The Bertz CT molecular complexity index is 537. The number of ketones is 1. The Morgan fingerprint density at radius 3 is 2.56 bits per heavy atom. The van der Waals surface area contributed by atoms with Crippen molar-refractivity contribution < 1.29 is 22.3 Å². The van der Waals surface area contributed by atoms with Crippen molar-refractivity contribution in [1.82, 2.24) is 0 Å². The summed E-state index contributed by atoms with van der Waals surface area (Å²) in [6, 6.07) is 3.64. The zero-order valence-corrected chi connectivity index (χ0v) is 11.1. The molecule has 0 aliphatic carbocycles. The summed E-state index contributed by atoms with van der Waals surface area (Å²) in [7, 11) is -2.10. The third-order valence-corrected chi connectivity index (χ3v) is 4.07. The monoisotopic (exact) mass is 274 g/mol. The second-order valence-corrected chi connectivity index (χ2v) is 6.05. The van der Waals surface area contributed by atoms with Crippen LogP contribution in [0.1, 0.15) is 23.7 Å². The van der Waals surface area contributed by atoms with Gasteiger partial charge in [-0.05, 0) is 24.6 Å². The summed E-state index contributed by atoms with van der Waals surface area (Å²) < 4.78 is 41.0. The third kappa shape index (κ3) is 3.80.